The van der Waals surface area contributed by atoms with Gasteiger partial charge in [0, 0.05) is 13.0 Å². The lowest BCUT2D eigenvalue weighted by Gasteiger charge is -2.13. The number of carboxylic acid groups (broad SMARTS) is 1. The van der Waals surface area contributed by atoms with Crippen LogP contribution in [0.25, 0.3) is 0 Å². The summed E-state index contributed by atoms with van der Waals surface area (Å²) in [6.45, 7) is 4.26. The molecule has 116 valence electrons. The number of aryl methyl sites for hydroxylation is 1. The minimum absolute atomic E-state index is 0.0287. The van der Waals surface area contributed by atoms with Crippen molar-refractivity contribution >= 4 is 11.9 Å². The van der Waals surface area contributed by atoms with E-state index in [4.69, 9.17) is 9.84 Å². The first-order valence-corrected chi connectivity index (χ1v) is 7.08. The Labute approximate surface area is 125 Å². The van der Waals surface area contributed by atoms with Crippen LogP contribution >= 0.6 is 0 Å². The minimum Gasteiger partial charge on any atom is -0.496 e. The summed E-state index contributed by atoms with van der Waals surface area (Å²) in [7, 11) is 1.60. The van der Waals surface area contributed by atoms with Gasteiger partial charge in [0.2, 0.25) is 5.91 Å². The van der Waals surface area contributed by atoms with Gasteiger partial charge in [-0.25, -0.2) is 0 Å². The number of methoxy groups -OCH3 is 1. The molecule has 0 fully saturated rings. The van der Waals surface area contributed by atoms with E-state index in [9.17, 15) is 9.59 Å². The molecule has 21 heavy (non-hydrogen) atoms. The number of carboxylic acids is 1. The van der Waals surface area contributed by atoms with E-state index >= 15 is 0 Å². The summed E-state index contributed by atoms with van der Waals surface area (Å²) >= 11 is 0. The molecule has 1 amide bonds. The molecular formula is C16H23NO4. The maximum absolute atomic E-state index is 11.9. The van der Waals surface area contributed by atoms with Gasteiger partial charge in [0.15, 0.2) is 0 Å². The first-order chi connectivity index (χ1) is 9.96. The Morgan fingerprint density at radius 1 is 1.38 bits per heavy atom. The molecule has 0 bridgehead atoms. The molecule has 0 aliphatic heterocycles. The van der Waals surface area contributed by atoms with Gasteiger partial charge in [-0.05, 0) is 30.0 Å². The monoisotopic (exact) mass is 293 g/mol. The summed E-state index contributed by atoms with van der Waals surface area (Å²) in [6, 6.07) is 5.66. The second kappa shape index (κ2) is 8.29. The van der Waals surface area contributed by atoms with Crippen LogP contribution in [0.3, 0.4) is 0 Å². The lowest BCUT2D eigenvalue weighted by Crippen LogP contribution is -2.31. The summed E-state index contributed by atoms with van der Waals surface area (Å²) in [6.07, 6.45) is 1.07. The number of nitrogens with one attached hydrogen (secondary N) is 1. The Bertz CT molecular complexity index is 499. The summed E-state index contributed by atoms with van der Waals surface area (Å²) in [5.74, 6) is -0.208. The van der Waals surface area contributed by atoms with E-state index in [0.29, 0.717) is 6.54 Å². The van der Waals surface area contributed by atoms with Crippen molar-refractivity contribution in [3.8, 4) is 5.75 Å². The van der Waals surface area contributed by atoms with Crippen LogP contribution in [0.2, 0.25) is 0 Å². The van der Waals surface area contributed by atoms with Crippen LogP contribution in [0.1, 0.15) is 30.9 Å². The van der Waals surface area contributed by atoms with Crippen molar-refractivity contribution in [3.63, 3.8) is 0 Å². The third-order valence-corrected chi connectivity index (χ3v) is 3.47. The number of carbonyl (C=O) groups is 2. The van der Waals surface area contributed by atoms with Crippen molar-refractivity contribution < 1.29 is 19.4 Å². The second-order valence-electron chi connectivity index (χ2n) is 5.16. The number of hydrogen-bond donors (Lipinski definition) is 2. The van der Waals surface area contributed by atoms with Gasteiger partial charge in [-0.2, -0.15) is 0 Å². The van der Waals surface area contributed by atoms with Crippen molar-refractivity contribution in [1.29, 1.82) is 0 Å². The molecule has 5 nitrogen and oxygen atoms in total. The molecule has 0 saturated carbocycles. The molecule has 1 unspecified atom stereocenters. The van der Waals surface area contributed by atoms with Crippen molar-refractivity contribution in [2.45, 2.75) is 33.1 Å². The molecule has 0 spiro atoms. The van der Waals surface area contributed by atoms with E-state index in [1.165, 1.54) is 0 Å². The average molecular weight is 293 g/mol. The first kappa shape index (κ1) is 17.0. The maximum Gasteiger partial charge on any atom is 0.303 e. The van der Waals surface area contributed by atoms with E-state index in [0.717, 1.165) is 23.3 Å². The van der Waals surface area contributed by atoms with Gasteiger partial charge in [-0.1, -0.05) is 25.5 Å². The lowest BCUT2D eigenvalue weighted by molar-refractivity contribution is -0.138. The van der Waals surface area contributed by atoms with Gasteiger partial charge in [0.05, 0.1) is 13.5 Å². The van der Waals surface area contributed by atoms with Gasteiger partial charge >= 0.3 is 5.97 Å². The highest BCUT2D eigenvalue weighted by Gasteiger charge is 2.13. The van der Waals surface area contributed by atoms with Gasteiger partial charge in [-0.15, -0.1) is 0 Å². The fourth-order valence-electron chi connectivity index (χ4n) is 2.09. The number of benzene rings is 1. The predicted octanol–water partition coefficient (Wildman–Crippen LogP) is 2.16. The topological polar surface area (TPSA) is 75.6 Å². The molecule has 5 heteroatoms. The number of amides is 1. The Kier molecular flexibility index (Phi) is 6.72. The van der Waals surface area contributed by atoms with Gasteiger partial charge in [0.1, 0.15) is 5.75 Å². The molecular weight excluding hydrogens is 270 g/mol. The number of hydrogen-bond acceptors (Lipinski definition) is 3. The highest BCUT2D eigenvalue weighted by atomic mass is 16.5. The molecule has 0 saturated heterocycles. The van der Waals surface area contributed by atoms with Gasteiger partial charge in [0.25, 0.3) is 0 Å². The smallest absolute Gasteiger partial charge is 0.303 e. The first-order valence-electron chi connectivity index (χ1n) is 7.08. The molecule has 2 N–H and O–H groups in total. The molecule has 1 rings (SSSR count). The zero-order valence-electron chi connectivity index (χ0n) is 12.8. The van der Waals surface area contributed by atoms with E-state index in [-0.39, 0.29) is 24.7 Å². The van der Waals surface area contributed by atoms with Gasteiger partial charge in [-0.3, -0.25) is 9.59 Å². The Morgan fingerprint density at radius 2 is 2.10 bits per heavy atom. The van der Waals surface area contributed by atoms with Gasteiger partial charge < -0.3 is 15.2 Å². The molecule has 0 heterocycles. The normalized spacial score (nSPS) is 11.8. The van der Waals surface area contributed by atoms with Crippen LogP contribution in [0.4, 0.5) is 0 Å². The summed E-state index contributed by atoms with van der Waals surface area (Å²) in [4.78, 5) is 22.6. The highest BCUT2D eigenvalue weighted by Crippen LogP contribution is 2.19. The van der Waals surface area contributed by atoms with E-state index < -0.39 is 5.97 Å². The van der Waals surface area contributed by atoms with E-state index in [1.807, 2.05) is 32.0 Å². The SMILES string of the molecule is CCC(CNC(=O)Cc1ccc(C)c(OC)c1)CC(=O)O. The zero-order valence-corrected chi connectivity index (χ0v) is 12.8. The highest BCUT2D eigenvalue weighted by molar-refractivity contribution is 5.78. The molecule has 0 radical (unpaired) electrons. The minimum atomic E-state index is -0.834. The Hall–Kier alpha value is -2.04. The van der Waals surface area contributed by atoms with Crippen molar-refractivity contribution in [3.05, 3.63) is 29.3 Å². The summed E-state index contributed by atoms with van der Waals surface area (Å²) in [5, 5.41) is 11.6. The summed E-state index contributed by atoms with van der Waals surface area (Å²) < 4.78 is 5.23. The number of carbonyl (C=O) groups excluding carboxylic acids is 1. The van der Waals surface area contributed by atoms with Crippen LogP contribution < -0.4 is 10.1 Å². The standard InChI is InChI=1S/C16H23NO4/c1-4-12(9-16(19)20)10-17-15(18)8-13-6-5-11(2)14(7-13)21-3/h5-7,12H,4,8-10H2,1-3H3,(H,17,18)(H,19,20). The zero-order chi connectivity index (χ0) is 15.8. The third-order valence-electron chi connectivity index (χ3n) is 3.47. The van der Waals surface area contributed by atoms with Crippen LogP contribution in [0.5, 0.6) is 5.75 Å². The van der Waals surface area contributed by atoms with Crippen LogP contribution in [0, 0.1) is 12.8 Å². The number of rotatable bonds is 8. The van der Waals surface area contributed by atoms with Crippen molar-refractivity contribution in [1.82, 2.24) is 5.32 Å². The lowest BCUT2D eigenvalue weighted by atomic mass is 10.0. The van der Waals surface area contributed by atoms with Crippen LogP contribution in [-0.4, -0.2) is 30.6 Å². The quantitative estimate of drug-likeness (QED) is 0.770. The fraction of sp³-hybridized carbons (Fsp3) is 0.500. The van der Waals surface area contributed by atoms with Crippen LogP contribution in [-0.2, 0) is 16.0 Å². The molecule has 1 atom stereocenters. The van der Waals surface area contributed by atoms with Crippen LogP contribution in [0.15, 0.2) is 18.2 Å². The molecule has 1 aromatic rings. The molecule has 0 aliphatic carbocycles. The fourth-order valence-corrected chi connectivity index (χ4v) is 2.09. The van der Waals surface area contributed by atoms with E-state index in [1.54, 1.807) is 7.11 Å². The number of aliphatic carboxylic acids is 1. The Morgan fingerprint density at radius 3 is 2.67 bits per heavy atom. The molecule has 0 aromatic heterocycles. The molecule has 0 aliphatic rings. The average Bonchev–Trinajstić information content (AvgIpc) is 2.45. The maximum atomic E-state index is 11.9. The predicted molar refractivity (Wildman–Crippen MR) is 80.5 cm³/mol. The van der Waals surface area contributed by atoms with Crippen molar-refractivity contribution in [2.24, 2.45) is 5.92 Å². The largest absolute Gasteiger partial charge is 0.496 e. The van der Waals surface area contributed by atoms with E-state index in [2.05, 4.69) is 5.32 Å². The molecule has 1 aromatic carbocycles. The second-order valence-corrected chi connectivity index (χ2v) is 5.16. The number of ether oxygens (including phenoxy) is 1. The third kappa shape index (κ3) is 5.85. The summed E-state index contributed by atoms with van der Waals surface area (Å²) in [5.41, 5.74) is 1.90. The van der Waals surface area contributed by atoms with Crippen molar-refractivity contribution in [2.75, 3.05) is 13.7 Å². The Balaban J connectivity index is 2.51.